The molecule has 10 heavy (non-hydrogen) atoms. The summed E-state index contributed by atoms with van der Waals surface area (Å²) in [7, 11) is 0. The first-order chi connectivity index (χ1) is 4.34. The predicted molar refractivity (Wildman–Crippen MR) is 23.7 cm³/mol. The molecule has 0 fully saturated rings. The highest BCUT2D eigenvalue weighted by Gasteiger charge is 2.36. The molecule has 2 nitrogen and oxygen atoms in total. The minimum absolute atomic E-state index is 0.645. The molecule has 0 spiro atoms. The molecule has 0 aliphatic rings. The Morgan fingerprint density at radius 2 is 1.80 bits per heavy atom. The highest BCUT2D eigenvalue weighted by Crippen LogP contribution is 2.18. The molecule has 0 aliphatic heterocycles. The van der Waals surface area contributed by atoms with Gasteiger partial charge in [0.2, 0.25) is 0 Å². The van der Waals surface area contributed by atoms with Crippen molar-refractivity contribution >= 4 is 0 Å². The van der Waals surface area contributed by atoms with Gasteiger partial charge in [0.1, 0.15) is 0 Å². The van der Waals surface area contributed by atoms with Crippen LogP contribution in [0.2, 0.25) is 0 Å². The van der Waals surface area contributed by atoms with Crippen molar-refractivity contribution in [1.82, 2.24) is 0 Å². The summed E-state index contributed by atoms with van der Waals surface area (Å²) in [6.07, 6.45) is -6.40. The maximum atomic E-state index is 11.6. The summed E-state index contributed by atoms with van der Waals surface area (Å²) >= 11 is 0. The first kappa shape index (κ1) is 9.64. The Morgan fingerprint density at radius 1 is 1.40 bits per heavy atom. The molecule has 0 radical (unpaired) electrons. The largest absolute Gasteiger partial charge is 0.379 e. The van der Waals surface area contributed by atoms with Crippen LogP contribution in [0.3, 0.4) is 0 Å². The summed E-state index contributed by atoms with van der Waals surface area (Å²) in [6.45, 7) is -2.65. The molecular weight excluding hydrogens is 156 g/mol. The lowest BCUT2D eigenvalue weighted by Crippen LogP contribution is -2.34. The molecule has 0 heterocycles. The third-order valence-corrected chi connectivity index (χ3v) is 0.796. The van der Waals surface area contributed by atoms with Gasteiger partial charge in [-0.25, -0.2) is 0 Å². The first-order valence-corrected chi connectivity index (χ1v) is 2.38. The third kappa shape index (κ3) is 3.62. The molecule has 1 unspecified atom stereocenters. The van der Waals surface area contributed by atoms with Crippen LogP contribution < -0.4 is 0 Å². The molecule has 0 saturated carbocycles. The van der Waals surface area contributed by atoms with Crippen molar-refractivity contribution in [2.24, 2.45) is 0 Å². The standard InChI is InChI=1S/C4H6F4O2/c1-2(4(7,8)9)10-3(5)6/h2-3,9H,1H3. The molecule has 0 saturated heterocycles. The van der Waals surface area contributed by atoms with Gasteiger partial charge >= 0.3 is 12.7 Å². The van der Waals surface area contributed by atoms with E-state index in [9.17, 15) is 17.6 Å². The van der Waals surface area contributed by atoms with Crippen LogP contribution in [0.1, 0.15) is 6.92 Å². The minimum atomic E-state index is -4.21. The van der Waals surface area contributed by atoms with Crippen LogP contribution in [0.5, 0.6) is 0 Å². The van der Waals surface area contributed by atoms with E-state index in [0.717, 1.165) is 0 Å². The van der Waals surface area contributed by atoms with Crippen molar-refractivity contribution in [2.45, 2.75) is 25.7 Å². The monoisotopic (exact) mass is 162 g/mol. The van der Waals surface area contributed by atoms with Crippen LogP contribution in [-0.2, 0) is 4.74 Å². The van der Waals surface area contributed by atoms with Crippen LogP contribution in [0.4, 0.5) is 17.6 Å². The van der Waals surface area contributed by atoms with Crippen molar-refractivity contribution in [3.8, 4) is 0 Å². The summed E-state index contributed by atoms with van der Waals surface area (Å²) in [5, 5.41) is 7.74. The Balaban J connectivity index is 3.73. The third-order valence-electron chi connectivity index (χ3n) is 0.796. The van der Waals surface area contributed by atoms with E-state index >= 15 is 0 Å². The Kier molecular flexibility index (Phi) is 3.04. The lowest BCUT2D eigenvalue weighted by molar-refractivity contribution is -0.301. The Bertz CT molecular complexity index is 99.9. The Morgan fingerprint density at radius 3 is 1.90 bits per heavy atom. The number of aliphatic hydroxyl groups is 1. The predicted octanol–water partition coefficient (Wildman–Crippen LogP) is 1.20. The maximum absolute atomic E-state index is 11.6. The highest BCUT2D eigenvalue weighted by atomic mass is 19.3. The summed E-state index contributed by atoms with van der Waals surface area (Å²) < 4.78 is 48.7. The van der Waals surface area contributed by atoms with Gasteiger partial charge in [0.05, 0.1) is 0 Å². The fourth-order valence-corrected chi connectivity index (χ4v) is 0.236. The topological polar surface area (TPSA) is 29.5 Å². The van der Waals surface area contributed by atoms with Crippen molar-refractivity contribution in [1.29, 1.82) is 0 Å². The molecule has 6 heteroatoms. The molecule has 0 amide bonds. The van der Waals surface area contributed by atoms with E-state index in [0.29, 0.717) is 6.92 Å². The summed E-state index contributed by atoms with van der Waals surface area (Å²) in [5.74, 6) is 0. The molecule has 1 N–H and O–H groups in total. The van der Waals surface area contributed by atoms with Gasteiger partial charge in [-0.1, -0.05) is 0 Å². The van der Waals surface area contributed by atoms with Crippen LogP contribution in [0, 0.1) is 0 Å². The van der Waals surface area contributed by atoms with Gasteiger partial charge < -0.3 is 9.84 Å². The zero-order valence-electron chi connectivity index (χ0n) is 5.02. The fourth-order valence-electron chi connectivity index (χ4n) is 0.236. The molecule has 62 valence electrons. The SMILES string of the molecule is CC(OC(F)F)C(O)(F)F. The lowest BCUT2D eigenvalue weighted by Gasteiger charge is -2.16. The van der Waals surface area contributed by atoms with Crippen LogP contribution >= 0.6 is 0 Å². The fraction of sp³-hybridized carbons (Fsp3) is 1.00. The number of rotatable bonds is 3. The summed E-state index contributed by atoms with van der Waals surface area (Å²) in [6, 6.07) is 0. The smallest absolute Gasteiger partial charge is 0.334 e. The molecule has 0 rings (SSSR count). The van der Waals surface area contributed by atoms with Crippen molar-refractivity contribution in [3.63, 3.8) is 0 Å². The van der Waals surface area contributed by atoms with Gasteiger partial charge in [0, 0.05) is 0 Å². The van der Waals surface area contributed by atoms with Crippen molar-refractivity contribution in [3.05, 3.63) is 0 Å². The number of halogens is 4. The summed E-state index contributed by atoms with van der Waals surface area (Å²) in [4.78, 5) is 0. The van der Waals surface area contributed by atoms with Gasteiger partial charge in [-0.2, -0.15) is 17.6 Å². The second-order valence-corrected chi connectivity index (χ2v) is 1.63. The molecule has 0 aromatic heterocycles. The second-order valence-electron chi connectivity index (χ2n) is 1.63. The van der Waals surface area contributed by atoms with E-state index in [4.69, 9.17) is 5.11 Å². The van der Waals surface area contributed by atoms with Crippen LogP contribution in [0.25, 0.3) is 0 Å². The maximum Gasteiger partial charge on any atom is 0.379 e. The van der Waals surface area contributed by atoms with E-state index in [2.05, 4.69) is 4.74 Å². The van der Waals surface area contributed by atoms with E-state index in [-0.39, 0.29) is 0 Å². The summed E-state index contributed by atoms with van der Waals surface area (Å²) in [5.41, 5.74) is 0. The van der Waals surface area contributed by atoms with E-state index < -0.39 is 18.8 Å². The highest BCUT2D eigenvalue weighted by molar-refractivity contribution is 4.58. The van der Waals surface area contributed by atoms with Gasteiger partial charge in [-0.05, 0) is 6.92 Å². The molecule has 0 bridgehead atoms. The van der Waals surface area contributed by atoms with Crippen molar-refractivity contribution in [2.75, 3.05) is 0 Å². The van der Waals surface area contributed by atoms with Crippen LogP contribution in [-0.4, -0.2) is 23.9 Å². The van der Waals surface area contributed by atoms with Gasteiger partial charge in [0.25, 0.3) is 0 Å². The average Bonchev–Trinajstić information content (AvgIpc) is 1.60. The first-order valence-electron chi connectivity index (χ1n) is 2.38. The van der Waals surface area contributed by atoms with E-state index in [1.807, 2.05) is 0 Å². The quantitative estimate of drug-likeness (QED) is 0.632. The van der Waals surface area contributed by atoms with E-state index in [1.54, 1.807) is 0 Å². The normalized spacial score (nSPS) is 15.9. The lowest BCUT2D eigenvalue weighted by atomic mass is 10.4. The Labute approximate surface area is 54.4 Å². The van der Waals surface area contributed by atoms with Gasteiger partial charge in [0.15, 0.2) is 6.10 Å². The molecule has 0 aromatic rings. The van der Waals surface area contributed by atoms with E-state index in [1.165, 1.54) is 0 Å². The molecule has 0 aromatic carbocycles. The number of hydrogen-bond acceptors (Lipinski definition) is 2. The second kappa shape index (κ2) is 3.16. The number of hydrogen-bond donors (Lipinski definition) is 1. The van der Waals surface area contributed by atoms with Gasteiger partial charge in [-0.15, -0.1) is 0 Å². The van der Waals surface area contributed by atoms with Crippen LogP contribution in [0.15, 0.2) is 0 Å². The number of ether oxygens (including phenoxy) is 1. The van der Waals surface area contributed by atoms with Gasteiger partial charge in [-0.3, -0.25) is 0 Å². The molecular formula is C4H6F4O2. The zero-order chi connectivity index (χ0) is 8.36. The molecule has 0 aliphatic carbocycles. The average molecular weight is 162 g/mol. The molecule has 1 atom stereocenters. The Hall–Kier alpha value is -0.360. The number of alkyl halides is 4. The zero-order valence-corrected chi connectivity index (χ0v) is 5.02. The minimum Gasteiger partial charge on any atom is -0.334 e. The van der Waals surface area contributed by atoms with Crippen molar-refractivity contribution < 1.29 is 27.4 Å².